The predicted octanol–water partition coefficient (Wildman–Crippen LogP) is 4.55. The number of aryl methyl sites for hydroxylation is 2. The van der Waals surface area contributed by atoms with Gasteiger partial charge in [0.05, 0.1) is 18.9 Å². The Labute approximate surface area is 179 Å². The third-order valence-corrected chi connectivity index (χ3v) is 5.57. The molecule has 0 N–H and O–H groups in total. The molecule has 0 aliphatic heterocycles. The minimum absolute atomic E-state index is 0.520. The fourth-order valence-corrected chi connectivity index (χ4v) is 3.84. The molecule has 0 unspecified atom stereocenters. The molecule has 8 heteroatoms. The van der Waals surface area contributed by atoms with Crippen molar-refractivity contribution in [1.82, 2.24) is 24.9 Å². The second-order valence-corrected chi connectivity index (χ2v) is 7.93. The van der Waals surface area contributed by atoms with Crippen LogP contribution in [0.1, 0.15) is 17.0 Å². The minimum atomic E-state index is 0.520. The fourth-order valence-electron chi connectivity index (χ4n) is 3.03. The lowest BCUT2D eigenvalue weighted by Gasteiger charge is -2.09. The van der Waals surface area contributed by atoms with Crippen molar-refractivity contribution in [1.29, 1.82) is 0 Å². The van der Waals surface area contributed by atoms with Gasteiger partial charge in [0.15, 0.2) is 16.8 Å². The first kappa shape index (κ1) is 20.3. The Bertz CT molecular complexity index is 1120. The standard InChI is InChI=1S/C22H23N5O2S/c1-15-7-9-17(10-8-15)21-23-19(26-29-21)14-30-22-25-24-20(27(22)11-12-28-3)18-6-4-5-16(2)13-18/h4-10,13H,11-12,14H2,1-3H3. The van der Waals surface area contributed by atoms with Crippen LogP contribution in [0.3, 0.4) is 0 Å². The molecule has 30 heavy (non-hydrogen) atoms. The summed E-state index contributed by atoms with van der Waals surface area (Å²) in [5.41, 5.74) is 4.31. The summed E-state index contributed by atoms with van der Waals surface area (Å²) in [4.78, 5) is 4.51. The van der Waals surface area contributed by atoms with Crippen molar-refractivity contribution in [3.05, 3.63) is 65.5 Å². The SMILES string of the molecule is COCCn1c(SCc2noc(-c3ccc(C)cc3)n2)nnc1-c1cccc(C)c1. The molecule has 4 aromatic rings. The molecule has 2 aromatic carbocycles. The Morgan fingerprint density at radius 2 is 1.83 bits per heavy atom. The molecule has 0 fully saturated rings. The summed E-state index contributed by atoms with van der Waals surface area (Å²) in [6.07, 6.45) is 0. The zero-order valence-corrected chi connectivity index (χ0v) is 18.0. The van der Waals surface area contributed by atoms with Gasteiger partial charge in [-0.15, -0.1) is 10.2 Å². The fraction of sp³-hybridized carbons (Fsp3) is 0.273. The van der Waals surface area contributed by atoms with Crippen LogP contribution in [0.15, 0.2) is 58.2 Å². The number of nitrogens with zero attached hydrogens (tertiary/aromatic N) is 5. The summed E-state index contributed by atoms with van der Waals surface area (Å²) in [6.45, 7) is 5.35. The molecule has 0 bridgehead atoms. The normalized spacial score (nSPS) is 11.2. The van der Waals surface area contributed by atoms with E-state index in [9.17, 15) is 0 Å². The van der Waals surface area contributed by atoms with Crippen molar-refractivity contribution in [2.75, 3.05) is 13.7 Å². The van der Waals surface area contributed by atoms with Crippen LogP contribution in [0.25, 0.3) is 22.8 Å². The van der Waals surface area contributed by atoms with Crippen LogP contribution in [0.2, 0.25) is 0 Å². The third-order valence-electron chi connectivity index (χ3n) is 4.61. The van der Waals surface area contributed by atoms with Gasteiger partial charge >= 0.3 is 0 Å². The molecule has 0 aliphatic rings. The molecule has 7 nitrogen and oxygen atoms in total. The van der Waals surface area contributed by atoms with E-state index in [4.69, 9.17) is 9.26 Å². The van der Waals surface area contributed by atoms with Gasteiger partial charge in [0, 0.05) is 18.2 Å². The highest BCUT2D eigenvalue weighted by Crippen LogP contribution is 2.27. The summed E-state index contributed by atoms with van der Waals surface area (Å²) >= 11 is 1.53. The molecule has 2 heterocycles. The Balaban J connectivity index is 1.52. The van der Waals surface area contributed by atoms with Gasteiger partial charge in [0.2, 0.25) is 0 Å². The number of hydrogen-bond donors (Lipinski definition) is 0. The maximum Gasteiger partial charge on any atom is 0.257 e. The third kappa shape index (κ3) is 4.60. The molecule has 0 amide bonds. The van der Waals surface area contributed by atoms with E-state index in [2.05, 4.69) is 44.0 Å². The van der Waals surface area contributed by atoms with E-state index >= 15 is 0 Å². The maximum absolute atomic E-state index is 5.42. The van der Waals surface area contributed by atoms with E-state index in [1.165, 1.54) is 22.9 Å². The topological polar surface area (TPSA) is 78.9 Å². The number of methoxy groups -OCH3 is 1. The van der Waals surface area contributed by atoms with Crippen LogP contribution >= 0.6 is 11.8 Å². The van der Waals surface area contributed by atoms with Gasteiger partial charge in [-0.1, -0.05) is 58.4 Å². The first-order chi connectivity index (χ1) is 14.6. The van der Waals surface area contributed by atoms with Gasteiger partial charge in [0.25, 0.3) is 5.89 Å². The molecule has 4 rings (SSSR count). The summed E-state index contributed by atoms with van der Waals surface area (Å²) in [6, 6.07) is 16.3. The zero-order valence-electron chi connectivity index (χ0n) is 17.2. The number of aromatic nitrogens is 5. The van der Waals surface area contributed by atoms with Crippen molar-refractivity contribution in [3.8, 4) is 22.8 Å². The maximum atomic E-state index is 5.42. The average Bonchev–Trinajstić information content (AvgIpc) is 3.38. The Kier molecular flexibility index (Phi) is 6.25. The van der Waals surface area contributed by atoms with Crippen molar-refractivity contribution in [3.63, 3.8) is 0 Å². The lowest BCUT2D eigenvalue weighted by molar-refractivity contribution is 0.185. The van der Waals surface area contributed by atoms with E-state index in [-0.39, 0.29) is 0 Å². The smallest absolute Gasteiger partial charge is 0.257 e. The number of benzene rings is 2. The summed E-state index contributed by atoms with van der Waals surface area (Å²) < 4.78 is 12.8. The van der Waals surface area contributed by atoms with Gasteiger partial charge in [-0.3, -0.25) is 4.57 Å². The molecule has 154 valence electrons. The van der Waals surface area contributed by atoms with E-state index in [0.29, 0.717) is 30.6 Å². The average molecular weight is 422 g/mol. The highest BCUT2D eigenvalue weighted by atomic mass is 32.2. The van der Waals surface area contributed by atoms with E-state index in [0.717, 1.165) is 22.1 Å². The second kappa shape index (κ2) is 9.23. The van der Waals surface area contributed by atoms with Crippen molar-refractivity contribution >= 4 is 11.8 Å². The first-order valence-corrected chi connectivity index (χ1v) is 10.6. The van der Waals surface area contributed by atoms with Crippen LogP contribution in [0.5, 0.6) is 0 Å². The predicted molar refractivity (Wildman–Crippen MR) is 116 cm³/mol. The summed E-state index contributed by atoms with van der Waals surface area (Å²) in [7, 11) is 1.69. The highest BCUT2D eigenvalue weighted by molar-refractivity contribution is 7.98. The van der Waals surface area contributed by atoms with Crippen LogP contribution < -0.4 is 0 Å². The number of thioether (sulfide) groups is 1. The first-order valence-electron chi connectivity index (χ1n) is 9.65. The second-order valence-electron chi connectivity index (χ2n) is 6.99. The monoisotopic (exact) mass is 421 g/mol. The van der Waals surface area contributed by atoms with Crippen LogP contribution in [-0.4, -0.2) is 38.6 Å². The van der Waals surface area contributed by atoms with Crippen molar-refractivity contribution in [2.24, 2.45) is 0 Å². The highest BCUT2D eigenvalue weighted by Gasteiger charge is 2.16. The van der Waals surface area contributed by atoms with Crippen molar-refractivity contribution in [2.45, 2.75) is 31.3 Å². The van der Waals surface area contributed by atoms with Gasteiger partial charge in [-0.25, -0.2) is 0 Å². The van der Waals surface area contributed by atoms with E-state index in [1.54, 1.807) is 7.11 Å². The molecule has 0 saturated heterocycles. The molecule has 0 atom stereocenters. The van der Waals surface area contributed by atoms with Crippen molar-refractivity contribution < 1.29 is 9.26 Å². The zero-order chi connectivity index (χ0) is 20.9. The molecular formula is C22H23N5O2S. The minimum Gasteiger partial charge on any atom is -0.383 e. The molecule has 0 spiro atoms. The van der Waals surface area contributed by atoms with Gasteiger partial charge in [0.1, 0.15) is 0 Å². The van der Waals surface area contributed by atoms with Gasteiger partial charge < -0.3 is 9.26 Å². The number of rotatable bonds is 8. The van der Waals surface area contributed by atoms with E-state index in [1.807, 2.05) is 43.3 Å². The Morgan fingerprint density at radius 1 is 1.00 bits per heavy atom. The van der Waals surface area contributed by atoms with E-state index < -0.39 is 0 Å². The Morgan fingerprint density at radius 3 is 2.60 bits per heavy atom. The van der Waals surface area contributed by atoms with Gasteiger partial charge in [-0.2, -0.15) is 4.98 Å². The van der Waals surface area contributed by atoms with Gasteiger partial charge in [-0.05, 0) is 32.0 Å². The largest absolute Gasteiger partial charge is 0.383 e. The summed E-state index contributed by atoms with van der Waals surface area (Å²) in [5, 5.41) is 13.7. The Hall–Kier alpha value is -2.97. The lowest BCUT2D eigenvalue weighted by atomic mass is 10.1. The molecule has 0 saturated carbocycles. The number of hydrogen-bond acceptors (Lipinski definition) is 7. The van der Waals surface area contributed by atoms with Crippen LogP contribution in [-0.2, 0) is 17.0 Å². The lowest BCUT2D eigenvalue weighted by Crippen LogP contribution is -2.07. The quantitative estimate of drug-likeness (QED) is 0.386. The van der Waals surface area contributed by atoms with Crippen LogP contribution in [0.4, 0.5) is 0 Å². The molecular weight excluding hydrogens is 398 g/mol. The summed E-state index contributed by atoms with van der Waals surface area (Å²) in [5.74, 6) is 2.50. The molecule has 0 aliphatic carbocycles. The van der Waals surface area contributed by atoms with Crippen LogP contribution in [0, 0.1) is 13.8 Å². The number of ether oxygens (including phenoxy) is 1. The molecule has 0 radical (unpaired) electrons. The molecule has 2 aromatic heterocycles.